The van der Waals surface area contributed by atoms with E-state index in [2.05, 4.69) is 0 Å². The molecule has 0 aliphatic rings. The van der Waals surface area contributed by atoms with Crippen LogP contribution in [0.3, 0.4) is 0 Å². The third kappa shape index (κ3) is 3.03. The highest BCUT2D eigenvalue weighted by atomic mass is 19.4. The minimum Gasteiger partial charge on any atom is -0.458 e. The molecule has 0 bridgehead atoms. The van der Waals surface area contributed by atoms with Gasteiger partial charge in [-0.05, 0) is 24.3 Å². The molecule has 1 nitrogen and oxygen atoms in total. The van der Waals surface area contributed by atoms with Crippen molar-refractivity contribution in [1.82, 2.24) is 0 Å². The molecule has 2 aromatic carbocycles. The standard InChI is InChI=1S/C12H9BF3O/c14-13(15,16)10-5-4-8-12(9-10)17-11-6-2-1-3-7-11/h1-9H/q-1. The fourth-order valence-corrected chi connectivity index (χ4v) is 1.41. The first-order valence-corrected chi connectivity index (χ1v) is 5.08. The number of hydrogen-bond donors (Lipinski definition) is 0. The summed E-state index contributed by atoms with van der Waals surface area (Å²) in [5.41, 5.74) is -0.654. The summed E-state index contributed by atoms with van der Waals surface area (Å²) in [6, 6.07) is 13.6. The highest BCUT2D eigenvalue weighted by Crippen LogP contribution is 2.21. The average molecular weight is 237 g/mol. The Kier molecular flexibility index (Phi) is 3.09. The zero-order chi connectivity index (χ0) is 12.3. The summed E-state index contributed by atoms with van der Waals surface area (Å²) >= 11 is 0. The molecule has 0 radical (unpaired) electrons. The lowest BCUT2D eigenvalue weighted by Gasteiger charge is -2.15. The lowest BCUT2D eigenvalue weighted by Crippen LogP contribution is -2.33. The van der Waals surface area contributed by atoms with Crippen LogP contribution in [0.1, 0.15) is 0 Å². The van der Waals surface area contributed by atoms with Gasteiger partial charge in [0.25, 0.3) is 0 Å². The van der Waals surface area contributed by atoms with Crippen molar-refractivity contribution < 1.29 is 17.7 Å². The maximum absolute atomic E-state index is 12.5. The fourth-order valence-electron chi connectivity index (χ4n) is 1.41. The van der Waals surface area contributed by atoms with Crippen molar-refractivity contribution in [3.63, 3.8) is 0 Å². The normalized spacial score (nSPS) is 11.2. The maximum atomic E-state index is 12.5. The number of halogens is 3. The molecule has 0 atom stereocenters. The second-order valence-electron chi connectivity index (χ2n) is 3.56. The molecule has 0 aromatic heterocycles. The molecule has 0 aliphatic heterocycles. The van der Waals surface area contributed by atoms with Crippen molar-refractivity contribution in [1.29, 1.82) is 0 Å². The summed E-state index contributed by atoms with van der Waals surface area (Å²) in [5.74, 6) is 0.701. The Morgan fingerprint density at radius 2 is 1.41 bits per heavy atom. The lowest BCUT2D eigenvalue weighted by molar-refractivity contribution is 0.479. The highest BCUT2D eigenvalue weighted by Gasteiger charge is 2.25. The Bertz CT molecular complexity index is 497. The van der Waals surface area contributed by atoms with Gasteiger partial charge in [0.05, 0.1) is 0 Å². The summed E-state index contributed by atoms with van der Waals surface area (Å²) in [4.78, 5) is 0. The molecule has 0 amide bonds. The maximum Gasteiger partial charge on any atom is 0.509 e. The van der Waals surface area contributed by atoms with Crippen LogP contribution in [0, 0.1) is 0 Å². The van der Waals surface area contributed by atoms with Crippen molar-refractivity contribution >= 4 is 12.4 Å². The van der Waals surface area contributed by atoms with E-state index >= 15 is 0 Å². The molecule has 0 fully saturated rings. The van der Waals surface area contributed by atoms with Gasteiger partial charge in [-0.3, -0.25) is 0 Å². The van der Waals surface area contributed by atoms with Gasteiger partial charge in [-0.2, -0.15) is 0 Å². The predicted octanol–water partition coefficient (Wildman–Crippen LogP) is 3.53. The summed E-state index contributed by atoms with van der Waals surface area (Å²) < 4.78 is 42.9. The molecule has 0 saturated carbocycles. The molecular formula is C12H9BF3O-. The molecule has 0 aliphatic carbocycles. The van der Waals surface area contributed by atoms with Gasteiger partial charge in [0.1, 0.15) is 11.5 Å². The quantitative estimate of drug-likeness (QED) is 0.742. The van der Waals surface area contributed by atoms with Gasteiger partial charge in [-0.25, -0.2) is 0 Å². The summed E-state index contributed by atoms with van der Waals surface area (Å²) in [7, 11) is 0. The first-order chi connectivity index (χ1) is 8.05. The largest absolute Gasteiger partial charge is 0.509 e. The number of hydrogen-bond acceptors (Lipinski definition) is 1. The Labute approximate surface area is 96.9 Å². The monoisotopic (exact) mass is 237 g/mol. The number of benzene rings is 2. The van der Waals surface area contributed by atoms with E-state index in [9.17, 15) is 12.9 Å². The van der Waals surface area contributed by atoms with Crippen LogP contribution < -0.4 is 10.2 Å². The second kappa shape index (κ2) is 4.53. The van der Waals surface area contributed by atoms with E-state index in [-0.39, 0.29) is 5.75 Å². The Hall–Kier alpha value is -1.91. The Morgan fingerprint density at radius 1 is 0.765 bits per heavy atom. The second-order valence-corrected chi connectivity index (χ2v) is 3.56. The van der Waals surface area contributed by atoms with Crippen molar-refractivity contribution in [3.8, 4) is 11.5 Å². The fraction of sp³-hybridized carbons (Fsp3) is 0. The molecule has 0 heterocycles. The van der Waals surface area contributed by atoms with E-state index in [0.29, 0.717) is 5.75 Å². The SMILES string of the molecule is F[B-](F)(F)c1cccc(Oc2ccccc2)c1. The number of rotatable bonds is 3. The molecule has 0 spiro atoms. The Balaban J connectivity index is 2.23. The van der Waals surface area contributed by atoms with E-state index in [0.717, 1.165) is 12.1 Å². The molecular weight excluding hydrogens is 228 g/mol. The summed E-state index contributed by atoms with van der Waals surface area (Å²) in [5, 5.41) is 0. The number of ether oxygens (including phenoxy) is 1. The van der Waals surface area contributed by atoms with Gasteiger partial charge in [0, 0.05) is 0 Å². The van der Waals surface area contributed by atoms with Crippen molar-refractivity contribution in [2.24, 2.45) is 0 Å². The van der Waals surface area contributed by atoms with Crippen molar-refractivity contribution in [2.75, 3.05) is 0 Å². The Morgan fingerprint density at radius 3 is 2.06 bits per heavy atom. The highest BCUT2D eigenvalue weighted by molar-refractivity contribution is 6.73. The van der Waals surface area contributed by atoms with Crippen molar-refractivity contribution in [3.05, 3.63) is 54.6 Å². The molecule has 0 N–H and O–H groups in total. The van der Waals surface area contributed by atoms with Crippen LogP contribution in [0.25, 0.3) is 0 Å². The first kappa shape index (κ1) is 11.6. The zero-order valence-corrected chi connectivity index (χ0v) is 8.82. The van der Waals surface area contributed by atoms with Crippen LogP contribution in [0.4, 0.5) is 12.9 Å². The van der Waals surface area contributed by atoms with E-state index in [1.165, 1.54) is 12.1 Å². The molecule has 2 rings (SSSR count). The van der Waals surface area contributed by atoms with Crippen LogP contribution in [-0.2, 0) is 0 Å². The molecule has 88 valence electrons. The van der Waals surface area contributed by atoms with Gasteiger partial charge in [0.15, 0.2) is 0 Å². The molecule has 17 heavy (non-hydrogen) atoms. The van der Waals surface area contributed by atoms with Crippen LogP contribution in [-0.4, -0.2) is 6.98 Å². The molecule has 0 saturated heterocycles. The first-order valence-electron chi connectivity index (χ1n) is 5.08. The van der Waals surface area contributed by atoms with E-state index in [1.54, 1.807) is 24.3 Å². The number of para-hydroxylation sites is 1. The average Bonchev–Trinajstić information content (AvgIpc) is 2.29. The lowest BCUT2D eigenvalue weighted by atomic mass is 9.80. The zero-order valence-electron chi connectivity index (χ0n) is 8.82. The van der Waals surface area contributed by atoms with Gasteiger partial charge in [-0.15, -0.1) is 5.46 Å². The predicted molar refractivity (Wildman–Crippen MR) is 61.7 cm³/mol. The third-order valence-electron chi connectivity index (χ3n) is 2.21. The van der Waals surface area contributed by atoms with Crippen LogP contribution in [0.5, 0.6) is 11.5 Å². The summed E-state index contributed by atoms with van der Waals surface area (Å²) in [6.45, 7) is -4.99. The summed E-state index contributed by atoms with van der Waals surface area (Å²) in [6.07, 6.45) is 0. The van der Waals surface area contributed by atoms with E-state index < -0.39 is 12.4 Å². The molecule has 5 heteroatoms. The van der Waals surface area contributed by atoms with Gasteiger partial charge >= 0.3 is 6.98 Å². The van der Waals surface area contributed by atoms with Crippen LogP contribution >= 0.6 is 0 Å². The van der Waals surface area contributed by atoms with Gasteiger partial charge in [-0.1, -0.05) is 30.3 Å². The van der Waals surface area contributed by atoms with Gasteiger partial charge in [0.2, 0.25) is 0 Å². The van der Waals surface area contributed by atoms with E-state index in [1.807, 2.05) is 6.07 Å². The van der Waals surface area contributed by atoms with E-state index in [4.69, 9.17) is 4.74 Å². The molecule has 0 unspecified atom stereocenters. The third-order valence-corrected chi connectivity index (χ3v) is 2.21. The van der Waals surface area contributed by atoms with Crippen molar-refractivity contribution in [2.45, 2.75) is 0 Å². The molecule has 2 aromatic rings. The minimum absolute atomic E-state index is 0.188. The van der Waals surface area contributed by atoms with Crippen LogP contribution in [0.2, 0.25) is 0 Å². The topological polar surface area (TPSA) is 9.23 Å². The smallest absolute Gasteiger partial charge is 0.458 e. The minimum atomic E-state index is -4.99. The van der Waals surface area contributed by atoms with Gasteiger partial charge < -0.3 is 17.7 Å². The van der Waals surface area contributed by atoms with Crippen LogP contribution in [0.15, 0.2) is 54.6 Å².